The largest absolute Gasteiger partial charge is 0.446 e. The van der Waals surface area contributed by atoms with Gasteiger partial charge in [0, 0.05) is 68.1 Å². The van der Waals surface area contributed by atoms with E-state index in [0.717, 1.165) is 76.2 Å². The summed E-state index contributed by atoms with van der Waals surface area (Å²) in [5.41, 5.74) is 2.63. The second-order valence-corrected chi connectivity index (χ2v) is 13.8. The van der Waals surface area contributed by atoms with Crippen LogP contribution >= 0.6 is 0 Å². The van der Waals surface area contributed by atoms with E-state index in [1.54, 1.807) is 13.1 Å². The molecule has 2 saturated heterocycles. The van der Waals surface area contributed by atoms with Crippen molar-refractivity contribution in [2.45, 2.75) is 64.0 Å². The van der Waals surface area contributed by atoms with Crippen molar-refractivity contribution in [2.24, 2.45) is 17.3 Å². The smallest absolute Gasteiger partial charge is 0.407 e. The summed E-state index contributed by atoms with van der Waals surface area (Å²) >= 11 is 0. The average Bonchev–Trinajstić information content (AvgIpc) is 3.67. The van der Waals surface area contributed by atoms with Gasteiger partial charge in [0.2, 0.25) is 0 Å². The monoisotopic (exact) mass is 612 g/mol. The molecule has 1 saturated carbocycles. The van der Waals surface area contributed by atoms with Gasteiger partial charge in [-0.1, -0.05) is 19.1 Å². The van der Waals surface area contributed by atoms with Gasteiger partial charge in [0.15, 0.2) is 0 Å². The van der Waals surface area contributed by atoms with Gasteiger partial charge >= 0.3 is 6.09 Å². The van der Waals surface area contributed by atoms with Crippen molar-refractivity contribution < 1.29 is 13.9 Å². The molecule has 0 bridgehead atoms. The molecule has 8 nitrogen and oxygen atoms in total. The van der Waals surface area contributed by atoms with E-state index in [2.05, 4.69) is 43.7 Å². The Hall–Kier alpha value is -3.90. The number of aromatic nitrogens is 2. The number of aryl methyl sites for hydroxylation is 1. The molecule has 2 aromatic carbocycles. The van der Waals surface area contributed by atoms with Crippen molar-refractivity contribution in [3.63, 3.8) is 0 Å². The van der Waals surface area contributed by atoms with Crippen LogP contribution in [0.1, 0.15) is 56.0 Å². The third-order valence-electron chi connectivity index (χ3n) is 10.7. The zero-order chi connectivity index (χ0) is 31.6. The number of imidazole rings is 1. The van der Waals surface area contributed by atoms with Gasteiger partial charge in [-0.05, 0) is 100.0 Å². The number of rotatable bonds is 9. The Balaban J connectivity index is 1.24. The highest BCUT2D eigenvalue weighted by atomic mass is 19.1. The third-order valence-corrected chi connectivity index (χ3v) is 10.7. The fraction of sp³-hybridized carbons (Fsp3) is 0.528. The second-order valence-electron chi connectivity index (χ2n) is 13.8. The lowest BCUT2D eigenvalue weighted by Gasteiger charge is -2.54. The van der Waals surface area contributed by atoms with E-state index in [-0.39, 0.29) is 29.2 Å². The van der Waals surface area contributed by atoms with Crippen molar-refractivity contribution in [2.75, 3.05) is 44.7 Å². The number of benzene rings is 2. The first kappa shape index (κ1) is 31.1. The number of amides is 1. The molecule has 3 aromatic rings. The molecule has 1 aliphatic carbocycles. The normalized spacial score (nSPS) is 23.1. The fourth-order valence-corrected chi connectivity index (χ4v) is 8.62. The summed E-state index contributed by atoms with van der Waals surface area (Å²) in [5.74, 6) is 1.03. The van der Waals surface area contributed by atoms with Crippen molar-refractivity contribution >= 4 is 11.8 Å². The molecular formula is C36H45FN6O2. The summed E-state index contributed by atoms with van der Waals surface area (Å²) in [5, 5.41) is 11.8. The Kier molecular flexibility index (Phi) is 8.87. The summed E-state index contributed by atoms with van der Waals surface area (Å²) in [6.07, 6.45) is 7.90. The van der Waals surface area contributed by atoms with Gasteiger partial charge in [-0.15, -0.1) is 0 Å². The van der Waals surface area contributed by atoms with Gasteiger partial charge in [0.25, 0.3) is 0 Å². The Morgan fingerprint density at radius 1 is 1.16 bits per heavy atom. The number of ether oxygens (including phenoxy) is 1. The summed E-state index contributed by atoms with van der Waals surface area (Å²) < 4.78 is 23.3. The number of nitrogens with zero attached hydrogens (tertiary/aromatic N) is 5. The van der Waals surface area contributed by atoms with Gasteiger partial charge in [-0.25, -0.2) is 14.2 Å². The van der Waals surface area contributed by atoms with Crippen LogP contribution in [-0.2, 0) is 16.7 Å². The molecule has 45 heavy (non-hydrogen) atoms. The van der Waals surface area contributed by atoms with E-state index in [0.29, 0.717) is 12.1 Å². The van der Waals surface area contributed by atoms with E-state index < -0.39 is 11.5 Å². The molecule has 3 fully saturated rings. The molecule has 3 atom stereocenters. The molecule has 0 spiro atoms. The molecule has 3 aliphatic rings. The van der Waals surface area contributed by atoms with E-state index in [1.807, 2.05) is 49.6 Å². The quantitative estimate of drug-likeness (QED) is 0.324. The van der Waals surface area contributed by atoms with Crippen LogP contribution in [0, 0.1) is 41.3 Å². The van der Waals surface area contributed by atoms with Crippen LogP contribution in [0.15, 0.2) is 60.9 Å². The second kappa shape index (κ2) is 12.8. The predicted molar refractivity (Wildman–Crippen MR) is 172 cm³/mol. The van der Waals surface area contributed by atoms with Gasteiger partial charge < -0.3 is 24.4 Å². The minimum Gasteiger partial charge on any atom is -0.446 e. The predicted octanol–water partition coefficient (Wildman–Crippen LogP) is 5.90. The van der Waals surface area contributed by atoms with E-state index >= 15 is 4.39 Å². The van der Waals surface area contributed by atoms with Crippen LogP contribution < -0.4 is 10.2 Å². The summed E-state index contributed by atoms with van der Waals surface area (Å²) in [7, 11) is 1.60. The molecule has 9 heteroatoms. The number of nitriles is 1. The van der Waals surface area contributed by atoms with Crippen molar-refractivity contribution in [1.29, 1.82) is 5.26 Å². The highest BCUT2D eigenvalue weighted by Crippen LogP contribution is 2.52. The number of piperidine rings is 1. The number of carbonyl (C=O) groups is 1. The number of hydrogen-bond donors (Lipinski definition) is 1. The van der Waals surface area contributed by atoms with Crippen LogP contribution in [0.4, 0.5) is 14.9 Å². The van der Waals surface area contributed by atoms with Gasteiger partial charge in [-0.3, -0.25) is 0 Å². The van der Waals surface area contributed by atoms with Crippen LogP contribution in [-0.4, -0.2) is 66.4 Å². The number of alkyl carbamates (subject to hydrolysis) is 1. The van der Waals surface area contributed by atoms with Crippen LogP contribution in [0.3, 0.4) is 0 Å². The topological polar surface area (TPSA) is 86.4 Å². The summed E-state index contributed by atoms with van der Waals surface area (Å²) in [6, 6.07) is 17.2. The maximum absolute atomic E-state index is 15.0. The maximum atomic E-state index is 15.0. The summed E-state index contributed by atoms with van der Waals surface area (Å²) in [6.45, 7) is 10.0. The molecule has 238 valence electrons. The molecule has 1 unspecified atom stereocenters. The number of anilines is 1. The molecule has 6 rings (SSSR count). The Labute approximate surface area is 266 Å². The lowest BCUT2D eigenvalue weighted by atomic mass is 9.58. The molecule has 1 aromatic heterocycles. The van der Waals surface area contributed by atoms with Crippen LogP contribution in [0.2, 0.25) is 0 Å². The first-order chi connectivity index (χ1) is 21.7. The highest BCUT2D eigenvalue weighted by molar-refractivity contribution is 5.67. The molecule has 1 N–H and O–H groups in total. The van der Waals surface area contributed by atoms with Crippen LogP contribution in [0.5, 0.6) is 0 Å². The minimum atomic E-state index is -0.429. The van der Waals surface area contributed by atoms with Crippen LogP contribution in [0.25, 0.3) is 0 Å². The number of halogens is 1. The Bertz CT molecular complexity index is 1520. The van der Waals surface area contributed by atoms with Gasteiger partial charge in [-0.2, -0.15) is 5.26 Å². The van der Waals surface area contributed by atoms with Crippen molar-refractivity contribution in [3.05, 3.63) is 83.7 Å². The van der Waals surface area contributed by atoms with E-state index in [9.17, 15) is 4.79 Å². The lowest BCUT2D eigenvalue weighted by Crippen LogP contribution is -2.60. The average molecular weight is 613 g/mol. The third kappa shape index (κ3) is 6.30. The van der Waals surface area contributed by atoms with Crippen molar-refractivity contribution in [3.8, 4) is 6.07 Å². The molecule has 0 radical (unpaired) electrons. The number of carbonyl (C=O) groups excluding carboxylic acids is 1. The first-order valence-corrected chi connectivity index (χ1v) is 16.3. The van der Waals surface area contributed by atoms with E-state index in [1.165, 1.54) is 11.8 Å². The maximum Gasteiger partial charge on any atom is 0.407 e. The SMILES string of the molecule is CNC(=O)O[C@H]1CCC[C@@H]1C(Cn1ccnc1C)(c1cccc(F)c1)C1CCN(CC2(C)CN(c3ccc(C#N)cc3)C2)CC1. The molecule has 3 heterocycles. The fourth-order valence-electron chi connectivity index (χ4n) is 8.62. The van der Waals surface area contributed by atoms with Gasteiger partial charge in [0.05, 0.1) is 11.6 Å². The molecule has 2 aliphatic heterocycles. The number of likely N-dealkylation sites (tertiary alicyclic amines) is 1. The molecular weight excluding hydrogens is 567 g/mol. The highest BCUT2D eigenvalue weighted by Gasteiger charge is 2.53. The Morgan fingerprint density at radius 3 is 2.56 bits per heavy atom. The number of hydrogen-bond acceptors (Lipinski definition) is 6. The zero-order valence-electron chi connectivity index (χ0n) is 26.7. The Morgan fingerprint density at radius 2 is 1.91 bits per heavy atom. The zero-order valence-corrected chi connectivity index (χ0v) is 26.7. The lowest BCUT2D eigenvalue weighted by molar-refractivity contribution is -0.00177. The van der Waals surface area contributed by atoms with Crippen molar-refractivity contribution in [1.82, 2.24) is 19.8 Å². The molecule has 1 amide bonds. The number of nitrogens with one attached hydrogen (secondary N) is 1. The minimum absolute atomic E-state index is 0.0556. The first-order valence-electron chi connectivity index (χ1n) is 16.3. The van der Waals surface area contributed by atoms with E-state index in [4.69, 9.17) is 10.00 Å². The standard InChI is InChI=1S/C36H45FN6O2/c1-26-40-16-19-42(26)25-36(29-6-4-7-30(37)20-29,32-8-5-9-33(32)45-34(44)39-3)28-14-17-41(18-15-28)22-35(2)23-43(24-35)31-12-10-27(21-38)11-13-31/h4,6-7,10-13,16,19-20,28,32-33H,5,8-9,14-15,17-18,22-25H2,1-3H3,(H,39,44)/t32-,33-,36?/m0/s1. The summed E-state index contributed by atoms with van der Waals surface area (Å²) in [4.78, 5) is 22.0. The van der Waals surface area contributed by atoms with Gasteiger partial charge in [0.1, 0.15) is 17.7 Å².